The molecule has 0 atom stereocenters. The number of hydrogen-bond acceptors (Lipinski definition) is 5. The highest BCUT2D eigenvalue weighted by Gasteiger charge is 2.17. The molecule has 0 aliphatic rings. The first-order valence-electron chi connectivity index (χ1n) is 5.85. The Kier molecular flexibility index (Phi) is 4.20. The van der Waals surface area contributed by atoms with E-state index >= 15 is 0 Å². The zero-order chi connectivity index (χ0) is 14.7. The highest BCUT2D eigenvalue weighted by Crippen LogP contribution is 2.29. The van der Waals surface area contributed by atoms with Gasteiger partial charge in [-0.2, -0.15) is 0 Å². The summed E-state index contributed by atoms with van der Waals surface area (Å²) >= 11 is 4.28. The van der Waals surface area contributed by atoms with Crippen LogP contribution in [-0.2, 0) is 0 Å². The average Bonchev–Trinajstić information content (AvgIpc) is 2.46. The van der Waals surface area contributed by atoms with Crippen molar-refractivity contribution in [3.05, 3.63) is 47.5 Å². The molecule has 0 saturated heterocycles. The van der Waals surface area contributed by atoms with E-state index in [1.807, 2.05) is 0 Å². The van der Waals surface area contributed by atoms with Crippen LogP contribution in [-0.4, -0.2) is 25.1 Å². The minimum absolute atomic E-state index is 0.127. The third kappa shape index (κ3) is 2.72. The fourth-order valence-corrected chi connectivity index (χ4v) is 2.11. The lowest BCUT2D eigenvalue weighted by atomic mass is 10.0. The Labute approximate surface area is 122 Å². The molecular weight excluding hydrogens is 276 g/mol. The van der Waals surface area contributed by atoms with Gasteiger partial charge in [0.1, 0.15) is 17.2 Å². The van der Waals surface area contributed by atoms with Crippen molar-refractivity contribution >= 4 is 18.4 Å². The number of carbonyl (C=O) groups excluding carboxylic acids is 1. The topological polar surface area (TPSA) is 55.8 Å². The second kappa shape index (κ2) is 5.88. The third-order valence-corrected chi connectivity index (χ3v) is 3.27. The summed E-state index contributed by atoms with van der Waals surface area (Å²) in [6, 6.07) is 9.48. The second-order valence-corrected chi connectivity index (χ2v) is 4.58. The van der Waals surface area contributed by atoms with Gasteiger partial charge in [-0.3, -0.25) is 4.79 Å². The van der Waals surface area contributed by atoms with Gasteiger partial charge in [0.2, 0.25) is 0 Å². The number of carbonyl (C=O) groups is 1. The van der Waals surface area contributed by atoms with Crippen LogP contribution in [0.4, 0.5) is 0 Å². The van der Waals surface area contributed by atoms with Gasteiger partial charge in [-0.25, -0.2) is 0 Å². The standard InChI is InChI=1S/C15H14O4S/c1-18-9-3-5-11(13(16)7-9)15(17)12-6-4-10(19-2)8-14(12)20/h3-8,16,20H,1-2H3. The van der Waals surface area contributed by atoms with Crippen LogP contribution in [0, 0.1) is 0 Å². The Balaban J connectivity index is 2.41. The number of methoxy groups -OCH3 is 2. The molecule has 0 aliphatic carbocycles. The molecule has 2 rings (SSSR count). The Bertz CT molecular complexity index is 597. The van der Waals surface area contributed by atoms with E-state index in [4.69, 9.17) is 9.47 Å². The summed E-state index contributed by atoms with van der Waals surface area (Å²) < 4.78 is 10.0. The lowest BCUT2D eigenvalue weighted by molar-refractivity contribution is 0.103. The fourth-order valence-electron chi connectivity index (χ4n) is 1.81. The Morgan fingerprint density at radius 2 is 1.55 bits per heavy atom. The summed E-state index contributed by atoms with van der Waals surface area (Å²) in [6.45, 7) is 0. The number of thiol groups is 1. The summed E-state index contributed by atoms with van der Waals surface area (Å²) in [6.07, 6.45) is 0. The molecule has 4 nitrogen and oxygen atoms in total. The number of phenols is 1. The van der Waals surface area contributed by atoms with E-state index in [0.29, 0.717) is 22.0 Å². The van der Waals surface area contributed by atoms with Crippen molar-refractivity contribution in [2.24, 2.45) is 0 Å². The van der Waals surface area contributed by atoms with Gasteiger partial charge in [0, 0.05) is 16.5 Å². The molecule has 0 heterocycles. The van der Waals surface area contributed by atoms with Crippen molar-refractivity contribution in [2.45, 2.75) is 4.90 Å². The molecule has 0 unspecified atom stereocenters. The monoisotopic (exact) mass is 290 g/mol. The summed E-state index contributed by atoms with van der Waals surface area (Å²) in [5.74, 6) is 0.668. The lowest BCUT2D eigenvalue weighted by Crippen LogP contribution is -2.03. The van der Waals surface area contributed by atoms with Crippen LogP contribution in [0.25, 0.3) is 0 Å². The maximum Gasteiger partial charge on any atom is 0.197 e. The molecule has 0 amide bonds. The van der Waals surface area contributed by atoms with Crippen molar-refractivity contribution < 1.29 is 19.4 Å². The molecule has 0 spiro atoms. The number of phenolic OH excluding ortho intramolecular Hbond substituents is 1. The van der Waals surface area contributed by atoms with Gasteiger partial charge in [0.15, 0.2) is 5.78 Å². The Morgan fingerprint density at radius 3 is 2.05 bits per heavy atom. The SMILES string of the molecule is COc1ccc(C(=O)c2ccc(OC)cc2S)c(O)c1. The number of hydrogen-bond donors (Lipinski definition) is 2. The van der Waals surface area contributed by atoms with Crippen molar-refractivity contribution in [3.63, 3.8) is 0 Å². The normalized spacial score (nSPS) is 10.2. The number of rotatable bonds is 4. The number of ketones is 1. The van der Waals surface area contributed by atoms with E-state index in [0.717, 1.165) is 0 Å². The second-order valence-electron chi connectivity index (χ2n) is 4.10. The number of benzene rings is 2. The quantitative estimate of drug-likeness (QED) is 0.671. The van der Waals surface area contributed by atoms with Gasteiger partial charge < -0.3 is 14.6 Å². The first-order valence-corrected chi connectivity index (χ1v) is 6.30. The van der Waals surface area contributed by atoms with Gasteiger partial charge in [0.25, 0.3) is 0 Å². The van der Waals surface area contributed by atoms with Gasteiger partial charge >= 0.3 is 0 Å². The van der Waals surface area contributed by atoms with Crippen molar-refractivity contribution in [2.75, 3.05) is 14.2 Å². The van der Waals surface area contributed by atoms with E-state index in [2.05, 4.69) is 12.6 Å². The largest absolute Gasteiger partial charge is 0.507 e. The number of ether oxygens (including phenoxy) is 2. The van der Waals surface area contributed by atoms with Crippen LogP contribution in [0.1, 0.15) is 15.9 Å². The van der Waals surface area contributed by atoms with Crippen LogP contribution < -0.4 is 9.47 Å². The molecule has 2 aromatic carbocycles. The Morgan fingerprint density at radius 1 is 1.00 bits per heavy atom. The summed E-state index contributed by atoms with van der Waals surface area (Å²) in [5, 5.41) is 9.90. The van der Waals surface area contributed by atoms with E-state index in [-0.39, 0.29) is 17.1 Å². The predicted molar refractivity (Wildman–Crippen MR) is 78.3 cm³/mol. The Hall–Kier alpha value is -2.14. The van der Waals surface area contributed by atoms with E-state index < -0.39 is 0 Å². The summed E-state index contributed by atoms with van der Waals surface area (Å²) in [4.78, 5) is 12.9. The maximum atomic E-state index is 12.4. The predicted octanol–water partition coefficient (Wildman–Crippen LogP) is 2.93. The molecule has 0 saturated carbocycles. The molecule has 2 aromatic rings. The molecule has 104 valence electrons. The van der Waals surface area contributed by atoms with Crippen LogP contribution in [0.2, 0.25) is 0 Å². The highest BCUT2D eigenvalue weighted by molar-refractivity contribution is 7.80. The van der Waals surface area contributed by atoms with Gasteiger partial charge in [0.05, 0.1) is 19.8 Å². The molecule has 0 aromatic heterocycles. The summed E-state index contributed by atoms with van der Waals surface area (Å²) in [5.41, 5.74) is 0.598. The minimum atomic E-state index is -0.308. The van der Waals surface area contributed by atoms with E-state index in [1.165, 1.54) is 19.2 Å². The molecule has 0 aliphatic heterocycles. The molecule has 1 N–H and O–H groups in total. The molecule has 0 radical (unpaired) electrons. The van der Waals surface area contributed by atoms with Crippen molar-refractivity contribution in [3.8, 4) is 17.2 Å². The highest BCUT2D eigenvalue weighted by atomic mass is 32.1. The minimum Gasteiger partial charge on any atom is -0.507 e. The summed E-state index contributed by atoms with van der Waals surface area (Å²) in [7, 11) is 3.03. The van der Waals surface area contributed by atoms with Crippen molar-refractivity contribution in [1.29, 1.82) is 0 Å². The fraction of sp³-hybridized carbons (Fsp3) is 0.133. The first-order chi connectivity index (χ1) is 9.56. The number of aromatic hydroxyl groups is 1. The van der Waals surface area contributed by atoms with Crippen LogP contribution in [0.15, 0.2) is 41.3 Å². The zero-order valence-electron chi connectivity index (χ0n) is 11.1. The molecular formula is C15H14O4S. The van der Waals surface area contributed by atoms with Gasteiger partial charge in [-0.05, 0) is 30.3 Å². The van der Waals surface area contributed by atoms with Crippen molar-refractivity contribution in [1.82, 2.24) is 0 Å². The smallest absolute Gasteiger partial charge is 0.197 e. The lowest BCUT2D eigenvalue weighted by Gasteiger charge is -2.09. The zero-order valence-corrected chi connectivity index (χ0v) is 12.0. The van der Waals surface area contributed by atoms with E-state index in [1.54, 1.807) is 31.4 Å². The van der Waals surface area contributed by atoms with Crippen LogP contribution >= 0.6 is 12.6 Å². The molecule has 5 heteroatoms. The van der Waals surface area contributed by atoms with Gasteiger partial charge in [-0.15, -0.1) is 12.6 Å². The molecule has 0 fully saturated rings. The third-order valence-electron chi connectivity index (χ3n) is 2.90. The average molecular weight is 290 g/mol. The molecule has 0 bridgehead atoms. The van der Waals surface area contributed by atoms with Crippen LogP contribution in [0.5, 0.6) is 17.2 Å². The van der Waals surface area contributed by atoms with Gasteiger partial charge in [-0.1, -0.05) is 0 Å². The van der Waals surface area contributed by atoms with E-state index in [9.17, 15) is 9.90 Å². The first kappa shape index (κ1) is 14.3. The van der Waals surface area contributed by atoms with Crippen LogP contribution in [0.3, 0.4) is 0 Å². The molecule has 20 heavy (non-hydrogen) atoms. The maximum absolute atomic E-state index is 12.4.